The number of amides is 1. The van der Waals surface area contributed by atoms with Crippen molar-refractivity contribution >= 4 is 11.9 Å². The van der Waals surface area contributed by atoms with E-state index < -0.39 is 12.1 Å². The Labute approximate surface area is 494 Å². The smallest absolute Gasteiger partial charge is 0.305 e. The van der Waals surface area contributed by atoms with Gasteiger partial charge in [0, 0.05) is 12.8 Å². The van der Waals surface area contributed by atoms with Crippen LogP contribution in [0.15, 0.2) is 24.3 Å². The molecule has 0 fully saturated rings. The number of hydrogen-bond donors (Lipinski definition) is 3. The summed E-state index contributed by atoms with van der Waals surface area (Å²) < 4.78 is 5.47. The summed E-state index contributed by atoms with van der Waals surface area (Å²) in [6, 6.07) is -0.621. The van der Waals surface area contributed by atoms with Crippen molar-refractivity contribution in [3.63, 3.8) is 0 Å². The number of ether oxygens (including phenoxy) is 1. The molecule has 6 heteroatoms. The Bertz CT molecular complexity index is 1230. The van der Waals surface area contributed by atoms with Crippen molar-refractivity contribution in [2.45, 2.75) is 418 Å². The maximum absolute atomic E-state index is 12.5. The van der Waals surface area contributed by atoms with Gasteiger partial charge in [-0.3, -0.25) is 9.59 Å². The monoisotopic (exact) mass is 1110 g/mol. The fourth-order valence-electron chi connectivity index (χ4n) is 11.4. The molecule has 0 bridgehead atoms. The van der Waals surface area contributed by atoms with Gasteiger partial charge in [0.1, 0.15) is 0 Å². The second kappa shape index (κ2) is 68.8. The Hall–Kier alpha value is -1.66. The highest BCUT2D eigenvalue weighted by atomic mass is 16.5. The summed E-state index contributed by atoms with van der Waals surface area (Å²) in [5.41, 5.74) is 0. The predicted octanol–water partition coefficient (Wildman–Crippen LogP) is 23.3. The number of aliphatic hydroxyl groups excluding tert-OH is 2. The molecule has 0 aromatic rings. The molecule has 0 aromatic carbocycles. The zero-order valence-corrected chi connectivity index (χ0v) is 53.6. The first-order valence-corrected chi connectivity index (χ1v) is 36.1. The molecule has 468 valence electrons. The van der Waals surface area contributed by atoms with Crippen molar-refractivity contribution in [3.05, 3.63) is 24.3 Å². The maximum atomic E-state index is 12.5. The number of unbranched alkanes of at least 4 members (excludes halogenated alkanes) is 55. The number of carbonyl (C=O) groups excluding carboxylic acids is 2. The molecule has 79 heavy (non-hydrogen) atoms. The van der Waals surface area contributed by atoms with E-state index >= 15 is 0 Å². The van der Waals surface area contributed by atoms with E-state index in [2.05, 4.69) is 31.3 Å². The number of rotatable bonds is 68. The molecule has 0 aliphatic carbocycles. The Balaban J connectivity index is 3.28. The summed E-state index contributed by atoms with van der Waals surface area (Å²) in [5.74, 6) is -0.0476. The topological polar surface area (TPSA) is 95.9 Å². The molecular formula is C73H141NO5. The van der Waals surface area contributed by atoms with Gasteiger partial charge < -0.3 is 20.3 Å². The van der Waals surface area contributed by atoms with Crippen LogP contribution in [-0.4, -0.2) is 47.4 Å². The van der Waals surface area contributed by atoms with Crippen LogP contribution in [0.25, 0.3) is 0 Å². The Kier molecular flexibility index (Phi) is 67.4. The molecule has 0 saturated carbocycles. The van der Waals surface area contributed by atoms with Gasteiger partial charge in [0.25, 0.3) is 0 Å². The van der Waals surface area contributed by atoms with E-state index in [1.807, 2.05) is 6.08 Å². The van der Waals surface area contributed by atoms with Crippen LogP contribution >= 0.6 is 0 Å². The number of aliphatic hydroxyl groups is 2. The third-order valence-corrected chi connectivity index (χ3v) is 17.0. The minimum Gasteiger partial charge on any atom is -0.466 e. The molecule has 6 nitrogen and oxygen atoms in total. The summed E-state index contributed by atoms with van der Waals surface area (Å²) in [6.45, 7) is 4.89. The van der Waals surface area contributed by atoms with E-state index in [4.69, 9.17) is 4.74 Å². The SMILES string of the molecule is CCCC/C=C\CCCCCCCC(=O)OCCCCCCCCCCCCCCCCCCCCCCCCCCCCCCCCCCCCCCCCCC(=O)NC(CO)C(O)/C=C/CCCCCCCCCCCC. The predicted molar refractivity (Wildman–Crippen MR) is 347 cm³/mol. The van der Waals surface area contributed by atoms with Gasteiger partial charge in [-0.25, -0.2) is 0 Å². The normalized spacial score (nSPS) is 12.6. The molecule has 0 radical (unpaired) electrons. The van der Waals surface area contributed by atoms with Crippen molar-refractivity contribution in [2.24, 2.45) is 0 Å². The quantitative estimate of drug-likeness (QED) is 0.0320. The molecule has 0 heterocycles. The lowest BCUT2D eigenvalue weighted by molar-refractivity contribution is -0.143. The first-order chi connectivity index (χ1) is 39.0. The van der Waals surface area contributed by atoms with Gasteiger partial charge in [-0.15, -0.1) is 0 Å². The van der Waals surface area contributed by atoms with Crippen molar-refractivity contribution in [1.82, 2.24) is 5.32 Å². The number of nitrogens with one attached hydrogen (secondary N) is 1. The van der Waals surface area contributed by atoms with Crippen LogP contribution in [0.5, 0.6) is 0 Å². The molecule has 1 amide bonds. The highest BCUT2D eigenvalue weighted by molar-refractivity contribution is 5.76. The van der Waals surface area contributed by atoms with E-state index in [9.17, 15) is 19.8 Å². The van der Waals surface area contributed by atoms with Crippen LogP contribution in [-0.2, 0) is 14.3 Å². The van der Waals surface area contributed by atoms with Crippen molar-refractivity contribution in [1.29, 1.82) is 0 Å². The fourth-order valence-corrected chi connectivity index (χ4v) is 11.4. The lowest BCUT2D eigenvalue weighted by Crippen LogP contribution is -2.45. The Morgan fingerprint density at radius 1 is 0.342 bits per heavy atom. The van der Waals surface area contributed by atoms with Crippen LogP contribution in [0.4, 0.5) is 0 Å². The minimum absolute atomic E-state index is 0.0131. The van der Waals surface area contributed by atoms with Gasteiger partial charge in [0.05, 0.1) is 25.4 Å². The third-order valence-electron chi connectivity index (χ3n) is 17.0. The van der Waals surface area contributed by atoms with Gasteiger partial charge in [0.2, 0.25) is 5.91 Å². The first-order valence-electron chi connectivity index (χ1n) is 36.1. The molecule has 0 aliphatic rings. The average Bonchev–Trinajstić information content (AvgIpc) is 3.45. The maximum Gasteiger partial charge on any atom is 0.305 e. The van der Waals surface area contributed by atoms with Crippen molar-refractivity contribution in [2.75, 3.05) is 13.2 Å². The van der Waals surface area contributed by atoms with Crippen LogP contribution < -0.4 is 5.32 Å². The van der Waals surface area contributed by atoms with Gasteiger partial charge in [-0.2, -0.15) is 0 Å². The summed E-state index contributed by atoms with van der Waals surface area (Å²) in [7, 11) is 0. The highest BCUT2D eigenvalue weighted by Crippen LogP contribution is 2.19. The lowest BCUT2D eigenvalue weighted by Gasteiger charge is -2.20. The largest absolute Gasteiger partial charge is 0.466 e. The number of allylic oxidation sites excluding steroid dienone is 3. The van der Waals surface area contributed by atoms with E-state index in [0.717, 1.165) is 44.9 Å². The van der Waals surface area contributed by atoms with E-state index in [0.29, 0.717) is 19.4 Å². The summed E-state index contributed by atoms with van der Waals surface area (Å²) in [6.07, 6.45) is 87.3. The highest BCUT2D eigenvalue weighted by Gasteiger charge is 2.18. The summed E-state index contributed by atoms with van der Waals surface area (Å²) in [4.78, 5) is 24.5. The second-order valence-corrected chi connectivity index (χ2v) is 24.9. The zero-order valence-electron chi connectivity index (χ0n) is 53.6. The number of esters is 1. The lowest BCUT2D eigenvalue weighted by atomic mass is 10.0. The van der Waals surface area contributed by atoms with Crippen LogP contribution in [0.1, 0.15) is 406 Å². The molecule has 0 rings (SSSR count). The van der Waals surface area contributed by atoms with Crippen LogP contribution in [0.3, 0.4) is 0 Å². The Morgan fingerprint density at radius 2 is 0.608 bits per heavy atom. The standard InChI is InChI=1S/C73H141NO5/c1-3-5-7-9-11-13-15-46-49-53-57-61-65-71(76)70(69-75)74-72(77)66-62-58-54-50-47-43-41-39-37-35-33-31-29-27-25-23-21-19-17-16-18-20-22-24-26-28-30-32-34-36-38-40-42-44-48-52-56-60-64-68-79-73(78)67-63-59-55-51-45-14-12-10-8-6-4-2/h10,12,61,65,70-71,75-76H,3-9,11,13-60,62-64,66-69H2,1-2H3,(H,74,77)/b12-10-,65-61+. The fraction of sp³-hybridized carbons (Fsp3) is 0.918. The summed E-state index contributed by atoms with van der Waals surface area (Å²) in [5, 5.41) is 23.1. The molecule has 2 unspecified atom stereocenters. The molecule has 0 aliphatic heterocycles. The van der Waals surface area contributed by atoms with E-state index in [1.54, 1.807) is 6.08 Å². The number of carbonyl (C=O) groups is 2. The molecule has 2 atom stereocenters. The van der Waals surface area contributed by atoms with Gasteiger partial charge in [-0.1, -0.05) is 366 Å². The molecule has 0 spiro atoms. The van der Waals surface area contributed by atoms with E-state index in [1.165, 1.54) is 334 Å². The average molecular weight is 1110 g/mol. The van der Waals surface area contributed by atoms with Crippen LogP contribution in [0, 0.1) is 0 Å². The first kappa shape index (κ1) is 77.3. The molecule has 3 N–H and O–H groups in total. The number of hydrogen-bond acceptors (Lipinski definition) is 5. The molecule has 0 saturated heterocycles. The molecule has 0 aromatic heterocycles. The van der Waals surface area contributed by atoms with Crippen molar-refractivity contribution in [3.8, 4) is 0 Å². The minimum atomic E-state index is -0.838. The van der Waals surface area contributed by atoms with Crippen molar-refractivity contribution < 1.29 is 24.5 Å². The Morgan fingerprint density at radius 3 is 0.937 bits per heavy atom. The van der Waals surface area contributed by atoms with Gasteiger partial charge in [-0.05, 0) is 51.4 Å². The molecular weight excluding hydrogens is 971 g/mol. The summed E-state index contributed by atoms with van der Waals surface area (Å²) >= 11 is 0. The third kappa shape index (κ3) is 65.4. The van der Waals surface area contributed by atoms with Gasteiger partial charge in [0.15, 0.2) is 0 Å². The zero-order chi connectivity index (χ0) is 57.1. The van der Waals surface area contributed by atoms with E-state index in [-0.39, 0.29) is 18.5 Å². The van der Waals surface area contributed by atoms with Gasteiger partial charge >= 0.3 is 5.97 Å². The second-order valence-electron chi connectivity index (χ2n) is 24.9. The van der Waals surface area contributed by atoms with Crippen LogP contribution in [0.2, 0.25) is 0 Å².